The Balaban J connectivity index is 1.72. The van der Waals surface area contributed by atoms with Gasteiger partial charge in [0.2, 0.25) is 5.82 Å². The van der Waals surface area contributed by atoms with Gasteiger partial charge in [-0.2, -0.15) is 0 Å². The zero-order valence-electron chi connectivity index (χ0n) is 11.6. The van der Waals surface area contributed by atoms with Gasteiger partial charge in [0, 0.05) is 26.4 Å². The van der Waals surface area contributed by atoms with E-state index in [1.54, 1.807) is 11.9 Å². The van der Waals surface area contributed by atoms with Crippen molar-refractivity contribution in [2.45, 2.75) is 39.3 Å². The highest BCUT2D eigenvalue weighted by Crippen LogP contribution is 2.15. The highest BCUT2D eigenvalue weighted by molar-refractivity contribution is 5.90. The van der Waals surface area contributed by atoms with E-state index < -0.39 is 0 Å². The summed E-state index contributed by atoms with van der Waals surface area (Å²) >= 11 is 0. The molecule has 1 amide bonds. The van der Waals surface area contributed by atoms with Crippen LogP contribution in [0.5, 0.6) is 0 Å². The highest BCUT2D eigenvalue weighted by Gasteiger charge is 2.22. The molecular weight excluding hydrogens is 258 g/mol. The SMILES string of the molecule is CCc1nc(C(=O)N(C)Cc2nnc3n2CCC3)n[nH]1. The van der Waals surface area contributed by atoms with Crippen molar-refractivity contribution < 1.29 is 4.79 Å². The van der Waals surface area contributed by atoms with Crippen LogP contribution in [0.25, 0.3) is 0 Å². The summed E-state index contributed by atoms with van der Waals surface area (Å²) in [6, 6.07) is 0. The standard InChI is InChI=1S/C12H17N7O/c1-3-8-13-11(17-14-8)12(20)18(2)7-10-16-15-9-5-4-6-19(9)10/h3-7H2,1-2H3,(H,13,14,17). The van der Waals surface area contributed by atoms with Crippen LogP contribution in [0.1, 0.15) is 41.4 Å². The molecule has 106 valence electrons. The molecule has 0 bridgehead atoms. The van der Waals surface area contributed by atoms with Crippen LogP contribution in [0.15, 0.2) is 0 Å². The fraction of sp³-hybridized carbons (Fsp3) is 0.583. The minimum atomic E-state index is -0.212. The molecule has 1 aliphatic heterocycles. The van der Waals surface area contributed by atoms with Crippen molar-refractivity contribution in [3.05, 3.63) is 23.3 Å². The Labute approximate surface area is 116 Å². The number of carbonyl (C=O) groups is 1. The molecule has 0 spiro atoms. The first kappa shape index (κ1) is 12.8. The zero-order chi connectivity index (χ0) is 14.1. The Morgan fingerprint density at radius 2 is 2.30 bits per heavy atom. The van der Waals surface area contributed by atoms with Crippen molar-refractivity contribution in [3.8, 4) is 0 Å². The number of rotatable bonds is 4. The maximum Gasteiger partial charge on any atom is 0.293 e. The van der Waals surface area contributed by atoms with Gasteiger partial charge in [-0.3, -0.25) is 9.89 Å². The molecule has 2 aromatic rings. The summed E-state index contributed by atoms with van der Waals surface area (Å²) in [5, 5.41) is 15.0. The normalized spacial score (nSPS) is 13.5. The van der Waals surface area contributed by atoms with Crippen LogP contribution in [0.2, 0.25) is 0 Å². The second-order valence-electron chi connectivity index (χ2n) is 4.91. The van der Waals surface area contributed by atoms with Crippen molar-refractivity contribution >= 4 is 5.91 Å². The number of aromatic amines is 1. The molecule has 0 aromatic carbocycles. The molecular formula is C12H17N7O. The fourth-order valence-corrected chi connectivity index (χ4v) is 2.33. The second-order valence-corrected chi connectivity index (χ2v) is 4.91. The van der Waals surface area contributed by atoms with Crippen LogP contribution in [-0.2, 0) is 25.9 Å². The van der Waals surface area contributed by atoms with E-state index in [0.717, 1.165) is 37.5 Å². The number of nitrogens with one attached hydrogen (secondary N) is 1. The fourth-order valence-electron chi connectivity index (χ4n) is 2.33. The number of hydrogen-bond acceptors (Lipinski definition) is 5. The molecule has 1 aliphatic rings. The quantitative estimate of drug-likeness (QED) is 0.859. The molecule has 20 heavy (non-hydrogen) atoms. The first-order chi connectivity index (χ1) is 9.69. The van der Waals surface area contributed by atoms with Crippen molar-refractivity contribution in [3.63, 3.8) is 0 Å². The minimum absolute atomic E-state index is 0.200. The summed E-state index contributed by atoms with van der Waals surface area (Å²) in [6.45, 7) is 3.31. The minimum Gasteiger partial charge on any atom is -0.331 e. The first-order valence-corrected chi connectivity index (χ1v) is 6.76. The summed E-state index contributed by atoms with van der Waals surface area (Å²) in [6.07, 6.45) is 2.78. The number of aromatic nitrogens is 6. The van der Waals surface area contributed by atoms with Crippen molar-refractivity contribution in [2.24, 2.45) is 0 Å². The molecule has 2 aromatic heterocycles. The van der Waals surface area contributed by atoms with Gasteiger partial charge in [0.15, 0.2) is 5.82 Å². The summed E-state index contributed by atoms with van der Waals surface area (Å²) in [5.41, 5.74) is 0. The van der Waals surface area contributed by atoms with Gasteiger partial charge < -0.3 is 9.47 Å². The predicted molar refractivity (Wildman–Crippen MR) is 69.9 cm³/mol. The van der Waals surface area contributed by atoms with E-state index >= 15 is 0 Å². The van der Waals surface area contributed by atoms with Crippen LogP contribution >= 0.6 is 0 Å². The molecule has 0 fully saturated rings. The monoisotopic (exact) mass is 275 g/mol. The number of amides is 1. The summed E-state index contributed by atoms with van der Waals surface area (Å²) in [4.78, 5) is 17.9. The predicted octanol–water partition coefficient (Wildman–Crippen LogP) is 0.177. The van der Waals surface area contributed by atoms with Gasteiger partial charge in [0.1, 0.15) is 11.6 Å². The topological polar surface area (TPSA) is 92.6 Å². The van der Waals surface area contributed by atoms with Gasteiger partial charge in [-0.15, -0.1) is 15.3 Å². The van der Waals surface area contributed by atoms with E-state index in [-0.39, 0.29) is 11.7 Å². The van der Waals surface area contributed by atoms with Crippen LogP contribution in [-0.4, -0.2) is 47.8 Å². The van der Waals surface area contributed by atoms with Crippen LogP contribution in [0.4, 0.5) is 0 Å². The van der Waals surface area contributed by atoms with Crippen LogP contribution < -0.4 is 0 Å². The maximum atomic E-state index is 12.2. The Kier molecular flexibility index (Phi) is 3.21. The largest absolute Gasteiger partial charge is 0.331 e. The Morgan fingerprint density at radius 1 is 1.45 bits per heavy atom. The van der Waals surface area contributed by atoms with Gasteiger partial charge >= 0.3 is 0 Å². The molecule has 8 heteroatoms. The molecule has 0 unspecified atom stereocenters. The number of nitrogens with zero attached hydrogens (tertiary/aromatic N) is 6. The van der Waals surface area contributed by atoms with E-state index in [0.29, 0.717) is 12.4 Å². The van der Waals surface area contributed by atoms with Gasteiger partial charge in [-0.1, -0.05) is 6.92 Å². The van der Waals surface area contributed by atoms with E-state index in [2.05, 4.69) is 29.9 Å². The third-order valence-corrected chi connectivity index (χ3v) is 3.47. The summed E-state index contributed by atoms with van der Waals surface area (Å²) in [7, 11) is 1.72. The number of hydrogen-bond donors (Lipinski definition) is 1. The number of H-pyrrole nitrogens is 1. The maximum absolute atomic E-state index is 12.2. The van der Waals surface area contributed by atoms with Gasteiger partial charge in [0.25, 0.3) is 5.91 Å². The first-order valence-electron chi connectivity index (χ1n) is 6.76. The lowest BCUT2D eigenvalue weighted by Crippen LogP contribution is -2.28. The number of aryl methyl sites for hydroxylation is 2. The van der Waals surface area contributed by atoms with E-state index in [1.807, 2.05) is 6.92 Å². The molecule has 0 saturated carbocycles. The van der Waals surface area contributed by atoms with Gasteiger partial charge in [-0.25, -0.2) is 4.98 Å². The highest BCUT2D eigenvalue weighted by atomic mass is 16.2. The smallest absolute Gasteiger partial charge is 0.293 e. The average Bonchev–Trinajstić information content (AvgIpc) is 3.15. The third kappa shape index (κ3) is 2.17. The van der Waals surface area contributed by atoms with Crippen molar-refractivity contribution in [1.29, 1.82) is 0 Å². The Morgan fingerprint density at radius 3 is 3.05 bits per heavy atom. The summed E-state index contributed by atoms with van der Waals surface area (Å²) in [5.74, 6) is 2.53. The zero-order valence-corrected chi connectivity index (χ0v) is 11.6. The molecule has 0 aliphatic carbocycles. The number of fused-ring (bicyclic) bond motifs is 1. The molecule has 0 radical (unpaired) electrons. The molecule has 8 nitrogen and oxygen atoms in total. The molecule has 3 rings (SSSR count). The summed E-state index contributed by atoms with van der Waals surface area (Å²) < 4.78 is 2.08. The van der Waals surface area contributed by atoms with Gasteiger partial charge in [0.05, 0.1) is 6.54 Å². The lowest BCUT2D eigenvalue weighted by Gasteiger charge is -2.14. The third-order valence-electron chi connectivity index (χ3n) is 3.47. The number of carbonyl (C=O) groups excluding carboxylic acids is 1. The molecule has 0 saturated heterocycles. The average molecular weight is 275 g/mol. The van der Waals surface area contributed by atoms with E-state index in [4.69, 9.17) is 0 Å². The lowest BCUT2D eigenvalue weighted by molar-refractivity contribution is 0.0768. The molecule has 0 atom stereocenters. The Hall–Kier alpha value is -2.25. The van der Waals surface area contributed by atoms with Crippen LogP contribution in [0, 0.1) is 0 Å². The van der Waals surface area contributed by atoms with E-state index in [9.17, 15) is 4.79 Å². The lowest BCUT2D eigenvalue weighted by atomic mass is 10.4. The second kappa shape index (κ2) is 5.03. The van der Waals surface area contributed by atoms with Crippen molar-refractivity contribution in [1.82, 2.24) is 34.8 Å². The van der Waals surface area contributed by atoms with Crippen molar-refractivity contribution in [2.75, 3.05) is 7.05 Å². The Bertz CT molecular complexity index is 630. The molecule has 3 heterocycles. The molecule has 1 N–H and O–H groups in total. The van der Waals surface area contributed by atoms with Gasteiger partial charge in [-0.05, 0) is 6.42 Å². The van der Waals surface area contributed by atoms with E-state index in [1.165, 1.54) is 0 Å². The van der Waals surface area contributed by atoms with Crippen LogP contribution in [0.3, 0.4) is 0 Å².